The highest BCUT2D eigenvalue weighted by Gasteiger charge is 2.27. The lowest BCUT2D eigenvalue weighted by molar-refractivity contribution is -0.173. The first-order valence-electron chi connectivity index (χ1n) is 17.5. The predicted molar refractivity (Wildman–Crippen MR) is 220 cm³/mol. The van der Waals surface area contributed by atoms with Crippen molar-refractivity contribution >= 4 is 58.7 Å². The Balaban J connectivity index is 1.06. The van der Waals surface area contributed by atoms with Crippen LogP contribution < -0.4 is 0 Å². The number of benzene rings is 4. The Bertz CT molecular complexity index is 1980. The average Bonchev–Trinajstić information content (AvgIpc) is 3.18. The molecule has 6 rings (SSSR count). The topological polar surface area (TPSA) is 78.4 Å². The number of carbonyl (C=O) groups excluding carboxylic acids is 2. The number of pyridine rings is 2. The van der Waals surface area contributed by atoms with Crippen LogP contribution in [0.1, 0.15) is 48.3 Å². The molecule has 10 heteroatoms. The first-order valence-corrected chi connectivity index (χ1v) is 20.0. The fraction of sp³-hybridized carbons (Fsp3) is 0.182. The van der Waals surface area contributed by atoms with E-state index < -0.39 is 24.1 Å². The summed E-state index contributed by atoms with van der Waals surface area (Å²) in [4.78, 5) is 36.8. The van der Waals surface area contributed by atoms with Crippen molar-refractivity contribution in [1.29, 1.82) is 0 Å². The van der Waals surface area contributed by atoms with Crippen LogP contribution in [0.15, 0.2) is 156 Å². The third-order valence-corrected chi connectivity index (χ3v) is 11.6. The number of halogens is 2. The van der Waals surface area contributed by atoms with E-state index in [0.29, 0.717) is 22.9 Å². The second-order valence-electron chi connectivity index (χ2n) is 12.8. The summed E-state index contributed by atoms with van der Waals surface area (Å²) in [5.74, 6) is -2.03. The van der Waals surface area contributed by atoms with Gasteiger partial charge >= 0.3 is 11.9 Å². The van der Waals surface area contributed by atoms with E-state index >= 15 is 0 Å². The van der Waals surface area contributed by atoms with Crippen molar-refractivity contribution in [2.75, 3.05) is 0 Å². The van der Waals surface area contributed by atoms with E-state index in [1.54, 1.807) is 49.8 Å². The number of carbonyl (C=O) groups is 2. The third-order valence-electron chi connectivity index (χ3n) is 8.57. The number of aromatic nitrogens is 2. The van der Waals surface area contributed by atoms with Gasteiger partial charge in [0.15, 0.2) is 0 Å². The third kappa shape index (κ3) is 11.2. The number of thioether (sulfide) groups is 2. The molecule has 0 aliphatic heterocycles. The zero-order valence-corrected chi connectivity index (χ0v) is 32.8. The van der Waals surface area contributed by atoms with Crippen molar-refractivity contribution in [2.24, 2.45) is 0 Å². The lowest BCUT2D eigenvalue weighted by Gasteiger charge is -2.23. The van der Waals surface area contributed by atoms with Crippen molar-refractivity contribution in [3.63, 3.8) is 0 Å². The standard InChI is InChI=1S/C44H38Cl2N2O4S2/c1-29(23-41(35-9-5-21-47-27-35)53-39-17-13-31(14-18-39)33-7-3-11-37(45)25-33)51-43(49)44(50)52-30(2)24-42(36-10-6-22-48-28-36)54-40-19-15-32(16-20-40)34-8-4-12-38(46)26-34/h3-22,25-30,41-42H,23-24H2,1-2H3. The monoisotopic (exact) mass is 792 g/mol. The molecule has 0 fully saturated rings. The number of hydrogen-bond donors (Lipinski definition) is 0. The van der Waals surface area contributed by atoms with E-state index in [-0.39, 0.29) is 10.5 Å². The van der Waals surface area contributed by atoms with Crippen LogP contribution in [-0.2, 0) is 19.1 Å². The summed E-state index contributed by atoms with van der Waals surface area (Å²) in [5.41, 5.74) is 6.16. The maximum atomic E-state index is 13.0. The molecule has 0 radical (unpaired) electrons. The normalized spacial score (nSPS) is 13.3. The van der Waals surface area contributed by atoms with Crippen LogP contribution in [0.2, 0.25) is 10.0 Å². The number of nitrogens with zero attached hydrogens (tertiary/aromatic N) is 2. The molecule has 274 valence electrons. The number of esters is 2. The SMILES string of the molecule is CC(CC(Sc1ccc(-c2cccc(Cl)c2)cc1)c1cccnc1)OC(=O)C(=O)OC(C)CC(Sc1ccc(-c2cccc(Cl)c2)cc1)c1cccnc1. The molecule has 6 nitrogen and oxygen atoms in total. The molecule has 0 spiro atoms. The fourth-order valence-corrected chi connectivity index (χ4v) is 8.82. The van der Waals surface area contributed by atoms with E-state index in [1.807, 2.05) is 85.2 Å². The number of rotatable bonds is 14. The van der Waals surface area contributed by atoms with Crippen LogP contribution in [-0.4, -0.2) is 34.1 Å². The van der Waals surface area contributed by atoms with Crippen LogP contribution in [0, 0.1) is 0 Å². The van der Waals surface area contributed by atoms with Crippen molar-refractivity contribution in [2.45, 2.75) is 59.2 Å². The van der Waals surface area contributed by atoms with Gasteiger partial charge < -0.3 is 9.47 Å². The fourth-order valence-electron chi connectivity index (χ4n) is 5.91. The van der Waals surface area contributed by atoms with Gasteiger partial charge in [0.25, 0.3) is 0 Å². The zero-order chi connectivity index (χ0) is 37.9. The molecule has 2 heterocycles. The Hall–Kier alpha value is -4.60. The summed E-state index contributed by atoms with van der Waals surface area (Å²) in [6.45, 7) is 3.57. The van der Waals surface area contributed by atoms with E-state index in [4.69, 9.17) is 32.7 Å². The Morgan fingerprint density at radius 1 is 0.556 bits per heavy atom. The molecule has 0 bridgehead atoms. The summed E-state index contributed by atoms with van der Waals surface area (Å²) < 4.78 is 11.3. The van der Waals surface area contributed by atoms with Crippen LogP contribution in [0.3, 0.4) is 0 Å². The Morgan fingerprint density at radius 3 is 1.31 bits per heavy atom. The minimum absolute atomic E-state index is 0.0923. The first kappa shape index (κ1) is 39.1. The highest BCUT2D eigenvalue weighted by molar-refractivity contribution is 7.99. The van der Waals surface area contributed by atoms with Crippen molar-refractivity contribution in [3.8, 4) is 22.3 Å². The number of hydrogen-bond acceptors (Lipinski definition) is 8. The van der Waals surface area contributed by atoms with E-state index in [0.717, 1.165) is 43.2 Å². The van der Waals surface area contributed by atoms with Crippen LogP contribution >= 0.6 is 46.7 Å². The second kappa shape index (κ2) is 19.1. The van der Waals surface area contributed by atoms with Crippen molar-refractivity contribution in [3.05, 3.63) is 167 Å². The summed E-state index contributed by atoms with van der Waals surface area (Å²) in [7, 11) is 0. The minimum Gasteiger partial charge on any atom is -0.454 e. The van der Waals surface area contributed by atoms with Gasteiger partial charge in [0.2, 0.25) is 0 Å². The lowest BCUT2D eigenvalue weighted by atomic mass is 10.1. The van der Waals surface area contributed by atoms with Crippen LogP contribution in [0.5, 0.6) is 0 Å². The van der Waals surface area contributed by atoms with Crippen LogP contribution in [0.4, 0.5) is 0 Å². The maximum absolute atomic E-state index is 13.0. The van der Waals surface area contributed by atoms with Gasteiger partial charge in [0.1, 0.15) is 12.2 Å². The van der Waals surface area contributed by atoms with Crippen LogP contribution in [0.25, 0.3) is 22.3 Å². The summed E-state index contributed by atoms with van der Waals surface area (Å²) >= 11 is 15.7. The number of ether oxygens (including phenoxy) is 2. The van der Waals surface area contributed by atoms with Gasteiger partial charge in [0, 0.05) is 68.0 Å². The quantitative estimate of drug-likeness (QED) is 0.0613. The molecule has 0 amide bonds. The molecule has 0 aliphatic carbocycles. The average molecular weight is 794 g/mol. The predicted octanol–water partition coefficient (Wildman–Crippen LogP) is 12.1. The maximum Gasteiger partial charge on any atom is 0.417 e. The van der Waals surface area contributed by atoms with E-state index in [2.05, 4.69) is 58.5 Å². The summed E-state index contributed by atoms with van der Waals surface area (Å²) in [6, 6.07) is 39.7. The van der Waals surface area contributed by atoms with E-state index in [9.17, 15) is 9.59 Å². The molecule has 2 aromatic heterocycles. The highest BCUT2D eigenvalue weighted by atomic mass is 35.5. The zero-order valence-electron chi connectivity index (χ0n) is 29.7. The molecule has 0 aliphatic rings. The molecule has 4 unspecified atom stereocenters. The molecule has 6 aromatic rings. The van der Waals surface area contributed by atoms with Gasteiger partial charge in [-0.2, -0.15) is 0 Å². The minimum atomic E-state index is -1.02. The van der Waals surface area contributed by atoms with Gasteiger partial charge in [0.05, 0.1) is 0 Å². The van der Waals surface area contributed by atoms with Gasteiger partial charge in [-0.3, -0.25) is 9.97 Å². The van der Waals surface area contributed by atoms with E-state index in [1.165, 1.54) is 0 Å². The van der Waals surface area contributed by atoms with Gasteiger partial charge in [-0.1, -0.05) is 83.9 Å². The van der Waals surface area contributed by atoms with Gasteiger partial charge in [-0.05, 0) is 108 Å². The smallest absolute Gasteiger partial charge is 0.417 e. The van der Waals surface area contributed by atoms with Gasteiger partial charge in [-0.15, -0.1) is 23.5 Å². The second-order valence-corrected chi connectivity index (χ2v) is 16.2. The Labute approximate surface area is 334 Å². The Morgan fingerprint density at radius 2 is 0.963 bits per heavy atom. The molecule has 0 saturated heterocycles. The molecule has 54 heavy (non-hydrogen) atoms. The van der Waals surface area contributed by atoms with Crippen molar-refractivity contribution < 1.29 is 19.1 Å². The molecule has 0 N–H and O–H groups in total. The molecule has 0 saturated carbocycles. The molecular formula is C44H38Cl2N2O4S2. The lowest BCUT2D eigenvalue weighted by Crippen LogP contribution is -2.28. The summed E-state index contributed by atoms with van der Waals surface area (Å²) in [6.07, 6.45) is 6.84. The molecule has 4 aromatic carbocycles. The molecular weight excluding hydrogens is 756 g/mol. The summed E-state index contributed by atoms with van der Waals surface area (Å²) in [5, 5.41) is 1.19. The van der Waals surface area contributed by atoms with Gasteiger partial charge in [-0.25, -0.2) is 9.59 Å². The first-order chi connectivity index (χ1) is 26.2. The Kier molecular flexibility index (Phi) is 13.9. The molecule has 4 atom stereocenters. The largest absolute Gasteiger partial charge is 0.454 e. The highest BCUT2D eigenvalue weighted by Crippen LogP contribution is 2.41. The van der Waals surface area contributed by atoms with Crippen molar-refractivity contribution in [1.82, 2.24) is 9.97 Å².